The zero-order valence-corrected chi connectivity index (χ0v) is 20.5. The lowest BCUT2D eigenvalue weighted by atomic mass is 9.67. The molecular formula is C21H37IN4O2. The molecule has 1 atom stereocenters. The maximum Gasteiger partial charge on any atom is 0.191 e. The predicted octanol–water partition coefficient (Wildman–Crippen LogP) is 3.67. The van der Waals surface area contributed by atoms with Gasteiger partial charge in [-0.2, -0.15) is 0 Å². The van der Waals surface area contributed by atoms with Gasteiger partial charge >= 0.3 is 0 Å². The summed E-state index contributed by atoms with van der Waals surface area (Å²) in [6.07, 6.45) is 5.21. The van der Waals surface area contributed by atoms with Crippen LogP contribution < -0.4 is 20.1 Å². The zero-order valence-electron chi connectivity index (χ0n) is 18.2. The van der Waals surface area contributed by atoms with Gasteiger partial charge in [-0.15, -0.1) is 24.0 Å². The monoisotopic (exact) mass is 504 g/mol. The van der Waals surface area contributed by atoms with Gasteiger partial charge in [-0.25, -0.2) is 0 Å². The quantitative estimate of drug-likeness (QED) is 0.306. The van der Waals surface area contributed by atoms with Crippen molar-refractivity contribution in [1.29, 1.82) is 0 Å². The molecule has 0 spiro atoms. The highest BCUT2D eigenvalue weighted by Crippen LogP contribution is 2.43. The lowest BCUT2D eigenvalue weighted by molar-refractivity contribution is 0.131. The van der Waals surface area contributed by atoms with E-state index in [1.807, 2.05) is 19.2 Å². The first-order valence-electron chi connectivity index (χ1n) is 9.81. The molecule has 7 heteroatoms. The molecule has 160 valence electrons. The molecule has 0 bridgehead atoms. The van der Waals surface area contributed by atoms with Gasteiger partial charge < -0.3 is 25.0 Å². The summed E-state index contributed by atoms with van der Waals surface area (Å²) in [7, 11) is 9.32. The fraction of sp³-hybridized carbons (Fsp3) is 0.667. The van der Waals surface area contributed by atoms with Crippen LogP contribution in [0.1, 0.15) is 44.2 Å². The number of guanidine groups is 1. The predicted molar refractivity (Wildman–Crippen MR) is 127 cm³/mol. The van der Waals surface area contributed by atoms with E-state index < -0.39 is 0 Å². The fourth-order valence-electron chi connectivity index (χ4n) is 3.68. The van der Waals surface area contributed by atoms with Crippen LogP contribution in [-0.2, 0) is 0 Å². The number of rotatable bonds is 9. The summed E-state index contributed by atoms with van der Waals surface area (Å²) in [4.78, 5) is 6.60. The second kappa shape index (κ2) is 11.7. The van der Waals surface area contributed by atoms with E-state index in [0.717, 1.165) is 30.5 Å². The Kier molecular flexibility index (Phi) is 10.4. The fourth-order valence-corrected chi connectivity index (χ4v) is 3.68. The third kappa shape index (κ3) is 6.14. The number of nitrogens with one attached hydrogen (secondary N) is 2. The van der Waals surface area contributed by atoms with Crippen molar-refractivity contribution >= 4 is 29.9 Å². The largest absolute Gasteiger partial charge is 0.493 e. The van der Waals surface area contributed by atoms with Gasteiger partial charge in [-0.05, 0) is 56.5 Å². The highest BCUT2D eigenvalue weighted by Gasteiger charge is 2.34. The number of aliphatic imine (C=N–C) groups is 1. The molecule has 2 rings (SSSR count). The maximum absolute atomic E-state index is 5.46. The van der Waals surface area contributed by atoms with E-state index >= 15 is 0 Å². The van der Waals surface area contributed by atoms with Crippen LogP contribution >= 0.6 is 24.0 Å². The molecule has 0 aliphatic heterocycles. The van der Waals surface area contributed by atoms with E-state index in [1.54, 1.807) is 14.2 Å². The number of methoxy groups -OCH3 is 2. The van der Waals surface area contributed by atoms with Crippen LogP contribution in [0, 0.1) is 5.41 Å². The van der Waals surface area contributed by atoms with Gasteiger partial charge in [0.1, 0.15) is 0 Å². The second-order valence-electron chi connectivity index (χ2n) is 7.61. The molecule has 1 fully saturated rings. The molecule has 1 aromatic rings. The lowest BCUT2D eigenvalue weighted by Gasteiger charge is -2.41. The number of hydrogen-bond donors (Lipinski definition) is 2. The van der Waals surface area contributed by atoms with E-state index in [0.29, 0.717) is 5.41 Å². The van der Waals surface area contributed by atoms with E-state index in [4.69, 9.17) is 9.47 Å². The molecule has 0 aromatic heterocycles. The smallest absolute Gasteiger partial charge is 0.191 e. The zero-order chi connectivity index (χ0) is 19.9. The van der Waals surface area contributed by atoms with Gasteiger partial charge in [0.05, 0.1) is 20.3 Å². The second-order valence-corrected chi connectivity index (χ2v) is 7.61. The number of benzene rings is 1. The highest BCUT2D eigenvalue weighted by molar-refractivity contribution is 14.0. The lowest BCUT2D eigenvalue weighted by Crippen LogP contribution is -2.47. The average molecular weight is 504 g/mol. The van der Waals surface area contributed by atoms with Crippen LogP contribution in [0.3, 0.4) is 0 Å². The summed E-state index contributed by atoms with van der Waals surface area (Å²) in [6.45, 7) is 4.03. The van der Waals surface area contributed by atoms with Crippen LogP contribution in [0.5, 0.6) is 11.5 Å². The minimum Gasteiger partial charge on any atom is -0.493 e. The molecule has 0 amide bonds. The maximum atomic E-state index is 5.46. The Balaban J connectivity index is 0.00000392. The Bertz CT molecular complexity index is 627. The van der Waals surface area contributed by atoms with Gasteiger partial charge in [0.15, 0.2) is 17.5 Å². The number of ether oxygens (including phenoxy) is 2. The Morgan fingerprint density at radius 3 is 2.32 bits per heavy atom. The number of nitrogens with zero attached hydrogens (tertiary/aromatic N) is 2. The standard InChI is InChI=1S/C21H36N4O2.HI/c1-7-21(11-8-12-21)15-24-20(22-2)23-14-17(25(3)4)16-9-10-18(26-5)19(13-16)27-6;/h9-10,13,17H,7-8,11-12,14-15H2,1-6H3,(H2,22,23,24);1H. The SMILES string of the molecule is CCC1(CNC(=NC)NCC(c2ccc(OC)c(OC)c2)N(C)C)CCC1.I. The minimum absolute atomic E-state index is 0. The summed E-state index contributed by atoms with van der Waals surface area (Å²) in [5, 5.41) is 7.01. The first-order chi connectivity index (χ1) is 13.0. The highest BCUT2D eigenvalue weighted by atomic mass is 127. The molecule has 2 N–H and O–H groups in total. The molecule has 1 aliphatic rings. The van der Waals surface area contributed by atoms with E-state index in [1.165, 1.54) is 31.2 Å². The van der Waals surface area contributed by atoms with Crippen LogP contribution in [-0.4, -0.2) is 59.3 Å². The van der Waals surface area contributed by atoms with Crippen molar-refractivity contribution in [3.8, 4) is 11.5 Å². The molecule has 1 saturated carbocycles. The summed E-state index contributed by atoms with van der Waals surface area (Å²) < 4.78 is 10.8. The van der Waals surface area contributed by atoms with Crippen molar-refractivity contribution in [2.45, 2.75) is 38.6 Å². The molecule has 28 heavy (non-hydrogen) atoms. The van der Waals surface area contributed by atoms with Crippen LogP contribution in [0.25, 0.3) is 0 Å². The van der Waals surface area contributed by atoms with Crippen molar-refractivity contribution in [2.24, 2.45) is 10.4 Å². The summed E-state index contributed by atoms with van der Waals surface area (Å²) in [5.41, 5.74) is 1.63. The topological polar surface area (TPSA) is 58.1 Å². The normalized spacial score (nSPS) is 16.6. The molecule has 1 unspecified atom stereocenters. The molecule has 1 aromatic carbocycles. The van der Waals surface area contributed by atoms with Gasteiger partial charge in [0, 0.05) is 20.1 Å². The Hall–Kier alpha value is -1.22. The van der Waals surface area contributed by atoms with Gasteiger partial charge in [0.25, 0.3) is 0 Å². The first kappa shape index (κ1) is 24.8. The van der Waals surface area contributed by atoms with E-state index in [9.17, 15) is 0 Å². The first-order valence-corrected chi connectivity index (χ1v) is 9.81. The summed E-state index contributed by atoms with van der Waals surface area (Å²) >= 11 is 0. The van der Waals surface area contributed by atoms with E-state index in [-0.39, 0.29) is 30.0 Å². The molecule has 0 saturated heterocycles. The minimum atomic E-state index is 0. The number of hydrogen-bond acceptors (Lipinski definition) is 4. The van der Waals surface area contributed by atoms with Crippen molar-refractivity contribution in [3.05, 3.63) is 23.8 Å². The molecular weight excluding hydrogens is 467 g/mol. The van der Waals surface area contributed by atoms with Crippen LogP contribution in [0.2, 0.25) is 0 Å². The summed E-state index contributed by atoms with van der Waals surface area (Å²) in [6, 6.07) is 6.28. The van der Waals surface area contributed by atoms with E-state index in [2.05, 4.69) is 47.6 Å². The van der Waals surface area contributed by atoms with Gasteiger partial charge in [-0.3, -0.25) is 4.99 Å². The van der Waals surface area contributed by atoms with Crippen LogP contribution in [0.4, 0.5) is 0 Å². The number of likely N-dealkylation sites (N-methyl/N-ethyl adjacent to an activating group) is 1. The van der Waals surface area contributed by atoms with Gasteiger partial charge in [0.2, 0.25) is 0 Å². The Morgan fingerprint density at radius 2 is 1.86 bits per heavy atom. The van der Waals surface area contributed by atoms with Crippen LogP contribution in [0.15, 0.2) is 23.2 Å². The average Bonchev–Trinajstić information content (AvgIpc) is 2.65. The number of halogens is 1. The molecule has 0 radical (unpaired) electrons. The van der Waals surface area contributed by atoms with Crippen molar-refractivity contribution < 1.29 is 9.47 Å². The molecule has 6 nitrogen and oxygen atoms in total. The Labute approximate surface area is 187 Å². The third-order valence-electron chi connectivity index (χ3n) is 5.90. The Morgan fingerprint density at radius 1 is 1.18 bits per heavy atom. The van der Waals surface area contributed by atoms with Crippen molar-refractivity contribution in [2.75, 3.05) is 48.5 Å². The van der Waals surface area contributed by atoms with Crippen molar-refractivity contribution in [1.82, 2.24) is 15.5 Å². The van der Waals surface area contributed by atoms with Gasteiger partial charge in [-0.1, -0.05) is 19.4 Å². The third-order valence-corrected chi connectivity index (χ3v) is 5.90. The molecule has 0 heterocycles. The summed E-state index contributed by atoms with van der Waals surface area (Å²) in [5.74, 6) is 2.36. The van der Waals surface area contributed by atoms with Crippen molar-refractivity contribution in [3.63, 3.8) is 0 Å². The molecule has 1 aliphatic carbocycles.